The van der Waals surface area contributed by atoms with Gasteiger partial charge < -0.3 is 4.74 Å². The second-order valence-corrected chi connectivity index (χ2v) is 9.70. The first-order valence-electron chi connectivity index (χ1n) is 11.4. The van der Waals surface area contributed by atoms with Crippen LogP contribution in [0.4, 0.5) is 0 Å². The minimum absolute atomic E-state index is 0.687. The molecule has 5 rings (SSSR count). The highest BCUT2D eigenvalue weighted by molar-refractivity contribution is 4.98. The first-order valence-corrected chi connectivity index (χ1v) is 11.4. The van der Waals surface area contributed by atoms with Crippen LogP contribution in [0.1, 0.15) is 91.4 Å². The average Bonchev–Trinajstić information content (AvgIpc) is 3.41. The van der Waals surface area contributed by atoms with Crippen molar-refractivity contribution in [2.45, 2.75) is 104 Å². The summed E-state index contributed by atoms with van der Waals surface area (Å²) >= 11 is 0. The van der Waals surface area contributed by atoms with Crippen LogP contribution in [-0.4, -0.2) is 12.2 Å². The topological polar surface area (TPSA) is 12.5 Å². The van der Waals surface area contributed by atoms with Crippen molar-refractivity contribution in [3.8, 4) is 0 Å². The van der Waals surface area contributed by atoms with Crippen LogP contribution >= 0.6 is 0 Å². The molecular weight excluding hydrogens is 292 g/mol. The van der Waals surface area contributed by atoms with Crippen molar-refractivity contribution in [1.82, 2.24) is 0 Å². The molecule has 0 radical (unpaired) electrons. The van der Waals surface area contributed by atoms with E-state index in [4.69, 9.17) is 4.74 Å². The first kappa shape index (κ1) is 17.4. The van der Waals surface area contributed by atoms with Crippen molar-refractivity contribution < 1.29 is 4.74 Å². The van der Waals surface area contributed by atoms with Crippen LogP contribution in [0.25, 0.3) is 0 Å². The van der Waals surface area contributed by atoms with Gasteiger partial charge in [-0.15, -0.1) is 0 Å². The number of fused-ring (bicyclic) bond motifs is 4. The van der Waals surface area contributed by atoms with E-state index in [9.17, 15) is 0 Å². The monoisotopic (exact) mass is 332 g/mol. The lowest BCUT2D eigenvalue weighted by Gasteiger charge is -2.51. The van der Waals surface area contributed by atoms with Crippen LogP contribution < -0.4 is 0 Å². The molecule has 9 atom stereocenters. The van der Waals surface area contributed by atoms with Gasteiger partial charge >= 0.3 is 0 Å². The van der Waals surface area contributed by atoms with Crippen LogP contribution in [0.2, 0.25) is 0 Å². The van der Waals surface area contributed by atoms with E-state index in [-0.39, 0.29) is 0 Å². The minimum atomic E-state index is 0.687. The first-order chi connectivity index (χ1) is 11.8. The highest BCUT2D eigenvalue weighted by Crippen LogP contribution is 2.55. The fraction of sp³-hybridized carbons (Fsp3) is 1.00. The Balaban J connectivity index is 0.000000704. The van der Waals surface area contributed by atoms with Crippen LogP contribution in [0.5, 0.6) is 0 Å². The van der Waals surface area contributed by atoms with Gasteiger partial charge in [-0.3, -0.25) is 0 Å². The number of ether oxygens (including phenoxy) is 1. The lowest BCUT2D eigenvalue weighted by atomic mass is 9.54. The highest BCUT2D eigenvalue weighted by Gasteiger charge is 2.49. The molecule has 138 valence electrons. The Morgan fingerprint density at radius 3 is 1.88 bits per heavy atom. The molecule has 5 fully saturated rings. The van der Waals surface area contributed by atoms with Gasteiger partial charge in [-0.25, -0.2) is 0 Å². The number of hydrogen-bond donors (Lipinski definition) is 0. The third-order valence-electron chi connectivity index (χ3n) is 8.55. The summed E-state index contributed by atoms with van der Waals surface area (Å²) < 4.78 is 5.79. The Kier molecular flexibility index (Phi) is 5.28. The van der Waals surface area contributed by atoms with Gasteiger partial charge in [0.15, 0.2) is 0 Å². The fourth-order valence-electron chi connectivity index (χ4n) is 7.36. The zero-order chi connectivity index (χ0) is 16.7. The molecule has 9 unspecified atom stereocenters. The maximum Gasteiger partial charge on any atom is 0.0844 e. The van der Waals surface area contributed by atoms with Crippen molar-refractivity contribution >= 4 is 0 Å². The maximum atomic E-state index is 5.79. The van der Waals surface area contributed by atoms with Crippen molar-refractivity contribution in [2.24, 2.45) is 41.4 Å². The Bertz CT molecular complexity index is 418. The molecule has 0 bridgehead atoms. The standard InChI is InChI=1S/C21H34O.C2H6/c1-13-2-7-18-16(10-13)3-4-17-11-14(5-8-19(17)18)15-6-9-20-21(12-15)22-20;1-2/h13-21H,2-12H2,1H3;1-2H3. The molecule has 1 heteroatoms. The predicted molar refractivity (Wildman–Crippen MR) is 101 cm³/mol. The lowest BCUT2D eigenvalue weighted by Crippen LogP contribution is -2.42. The van der Waals surface area contributed by atoms with E-state index < -0.39 is 0 Å². The van der Waals surface area contributed by atoms with E-state index in [1.54, 1.807) is 44.9 Å². The zero-order valence-electron chi connectivity index (χ0n) is 16.4. The third-order valence-corrected chi connectivity index (χ3v) is 8.55. The Labute approximate surface area is 150 Å². The van der Waals surface area contributed by atoms with Crippen LogP contribution in [0.15, 0.2) is 0 Å². The van der Waals surface area contributed by atoms with Crippen LogP contribution in [0, 0.1) is 41.4 Å². The van der Waals surface area contributed by atoms with Crippen LogP contribution in [-0.2, 0) is 4.74 Å². The Hall–Kier alpha value is -0.0400. The van der Waals surface area contributed by atoms with E-state index >= 15 is 0 Å². The molecule has 0 spiro atoms. The molecule has 0 aromatic heterocycles. The summed E-state index contributed by atoms with van der Waals surface area (Å²) in [6, 6.07) is 0. The summed E-state index contributed by atoms with van der Waals surface area (Å²) in [6.07, 6.45) is 18.2. The van der Waals surface area contributed by atoms with Gasteiger partial charge in [0.1, 0.15) is 0 Å². The Morgan fingerprint density at radius 1 is 0.542 bits per heavy atom. The van der Waals surface area contributed by atoms with Crippen molar-refractivity contribution in [3.63, 3.8) is 0 Å². The summed E-state index contributed by atoms with van der Waals surface area (Å²) in [7, 11) is 0. The number of hydrogen-bond acceptors (Lipinski definition) is 1. The van der Waals surface area contributed by atoms with Gasteiger partial charge in [-0.05, 0) is 106 Å². The van der Waals surface area contributed by atoms with Crippen LogP contribution in [0.3, 0.4) is 0 Å². The summed E-state index contributed by atoms with van der Waals surface area (Å²) in [5, 5.41) is 0. The normalized spacial score (nSPS) is 52.9. The maximum absolute atomic E-state index is 5.79. The van der Waals surface area contributed by atoms with Gasteiger partial charge in [-0.1, -0.05) is 27.2 Å². The fourth-order valence-corrected chi connectivity index (χ4v) is 7.36. The molecule has 1 heterocycles. The molecule has 4 saturated carbocycles. The molecule has 0 aromatic carbocycles. The van der Waals surface area contributed by atoms with Gasteiger partial charge in [0.25, 0.3) is 0 Å². The molecule has 0 amide bonds. The summed E-state index contributed by atoms with van der Waals surface area (Å²) in [5.41, 5.74) is 0. The van der Waals surface area contributed by atoms with Gasteiger partial charge in [-0.2, -0.15) is 0 Å². The second-order valence-electron chi connectivity index (χ2n) is 9.70. The minimum Gasteiger partial charge on any atom is -0.370 e. The van der Waals surface area contributed by atoms with E-state index in [0.29, 0.717) is 12.2 Å². The summed E-state index contributed by atoms with van der Waals surface area (Å²) in [4.78, 5) is 0. The Morgan fingerprint density at radius 2 is 1.12 bits per heavy atom. The molecule has 5 aliphatic rings. The summed E-state index contributed by atoms with van der Waals surface area (Å²) in [6.45, 7) is 6.50. The molecule has 1 nitrogen and oxygen atoms in total. The van der Waals surface area contributed by atoms with E-state index in [1.807, 2.05) is 13.8 Å². The van der Waals surface area contributed by atoms with Crippen molar-refractivity contribution in [2.75, 3.05) is 0 Å². The SMILES string of the molecule is CC.CC1CCC2C(CCC3CC(C4CCC5OC5C4)CCC32)C1. The lowest BCUT2D eigenvalue weighted by molar-refractivity contribution is -0.0111. The largest absolute Gasteiger partial charge is 0.370 e. The summed E-state index contributed by atoms with van der Waals surface area (Å²) in [5.74, 6) is 7.56. The average molecular weight is 333 g/mol. The van der Waals surface area contributed by atoms with E-state index in [1.165, 1.54) is 25.7 Å². The highest BCUT2D eigenvalue weighted by atomic mass is 16.6. The predicted octanol–water partition coefficient (Wildman–Crippen LogP) is 6.46. The molecule has 1 saturated heterocycles. The number of rotatable bonds is 1. The molecule has 0 aromatic rings. The van der Waals surface area contributed by atoms with Crippen molar-refractivity contribution in [3.05, 3.63) is 0 Å². The smallest absolute Gasteiger partial charge is 0.0844 e. The van der Waals surface area contributed by atoms with E-state index in [0.717, 1.165) is 41.4 Å². The molecule has 1 aliphatic heterocycles. The quantitative estimate of drug-likeness (QED) is 0.502. The third kappa shape index (κ3) is 3.31. The second kappa shape index (κ2) is 7.29. The number of epoxide rings is 1. The molecular formula is C23H40O. The van der Waals surface area contributed by atoms with Gasteiger partial charge in [0.05, 0.1) is 12.2 Å². The van der Waals surface area contributed by atoms with E-state index in [2.05, 4.69) is 6.92 Å². The molecule has 0 N–H and O–H groups in total. The van der Waals surface area contributed by atoms with Gasteiger partial charge in [0.2, 0.25) is 0 Å². The zero-order valence-corrected chi connectivity index (χ0v) is 16.4. The van der Waals surface area contributed by atoms with Crippen molar-refractivity contribution in [1.29, 1.82) is 0 Å². The molecule has 24 heavy (non-hydrogen) atoms. The van der Waals surface area contributed by atoms with Gasteiger partial charge in [0, 0.05) is 0 Å². The molecule has 4 aliphatic carbocycles.